The van der Waals surface area contributed by atoms with Crippen LogP contribution in [0.5, 0.6) is 0 Å². The number of nitrogens with zero attached hydrogens (tertiary/aromatic N) is 3. The average Bonchev–Trinajstić information content (AvgIpc) is 3.01. The summed E-state index contributed by atoms with van der Waals surface area (Å²) in [5.41, 5.74) is 2.37. The molecule has 29 heavy (non-hydrogen) atoms. The van der Waals surface area contributed by atoms with Crippen LogP contribution in [-0.2, 0) is 0 Å². The van der Waals surface area contributed by atoms with E-state index in [1.807, 2.05) is 31.2 Å². The minimum Gasteiger partial charge on any atom is -0.303 e. The summed E-state index contributed by atoms with van der Waals surface area (Å²) in [6, 6.07) is 13.7. The SMILES string of the molecule is CCN1CCC2(CC1)N=C(c1ccc(F)cc1)C(=S)N2C(=O)c1ccc(C)cc1. The zero-order valence-corrected chi connectivity index (χ0v) is 17.5. The van der Waals surface area contributed by atoms with Gasteiger partial charge in [-0.2, -0.15) is 0 Å². The predicted octanol–water partition coefficient (Wildman–Crippen LogP) is 4.22. The lowest BCUT2D eigenvalue weighted by molar-refractivity contribution is 0.0544. The van der Waals surface area contributed by atoms with Gasteiger partial charge in [-0.25, -0.2) is 4.39 Å². The summed E-state index contributed by atoms with van der Waals surface area (Å²) in [7, 11) is 0. The Morgan fingerprint density at radius 3 is 2.31 bits per heavy atom. The number of benzene rings is 2. The van der Waals surface area contributed by atoms with E-state index in [9.17, 15) is 9.18 Å². The summed E-state index contributed by atoms with van der Waals surface area (Å²) in [5, 5.41) is 0. The largest absolute Gasteiger partial charge is 0.303 e. The van der Waals surface area contributed by atoms with Crippen molar-refractivity contribution in [2.24, 2.45) is 4.99 Å². The molecule has 1 fully saturated rings. The number of halogens is 1. The molecule has 1 saturated heterocycles. The van der Waals surface area contributed by atoms with E-state index in [0.717, 1.165) is 43.6 Å². The van der Waals surface area contributed by atoms with Crippen molar-refractivity contribution in [3.8, 4) is 0 Å². The third kappa shape index (κ3) is 3.63. The Bertz CT molecular complexity index is 961. The Morgan fingerprint density at radius 2 is 1.72 bits per heavy atom. The van der Waals surface area contributed by atoms with Gasteiger partial charge in [0.1, 0.15) is 22.2 Å². The minimum absolute atomic E-state index is 0.124. The molecule has 0 unspecified atom stereocenters. The van der Waals surface area contributed by atoms with E-state index in [2.05, 4.69) is 11.8 Å². The van der Waals surface area contributed by atoms with E-state index >= 15 is 0 Å². The highest BCUT2D eigenvalue weighted by Gasteiger charge is 2.49. The minimum atomic E-state index is -0.672. The number of rotatable bonds is 3. The van der Waals surface area contributed by atoms with Gasteiger partial charge in [0.05, 0.1) is 0 Å². The van der Waals surface area contributed by atoms with Crippen molar-refractivity contribution in [2.45, 2.75) is 32.4 Å². The Balaban J connectivity index is 1.74. The monoisotopic (exact) mass is 409 g/mol. The van der Waals surface area contributed by atoms with Gasteiger partial charge in [0, 0.05) is 37.1 Å². The second-order valence-corrected chi connectivity index (χ2v) is 8.08. The molecule has 2 heterocycles. The van der Waals surface area contributed by atoms with Gasteiger partial charge >= 0.3 is 0 Å². The maximum absolute atomic E-state index is 13.5. The number of hydrogen-bond donors (Lipinski definition) is 0. The molecular weight excluding hydrogens is 385 g/mol. The lowest BCUT2D eigenvalue weighted by Crippen LogP contribution is -2.55. The van der Waals surface area contributed by atoms with Crippen molar-refractivity contribution < 1.29 is 9.18 Å². The third-order valence-electron chi connectivity index (χ3n) is 5.87. The number of piperidine rings is 1. The molecule has 0 aliphatic carbocycles. The summed E-state index contributed by atoms with van der Waals surface area (Å²) >= 11 is 5.76. The first-order valence-electron chi connectivity index (χ1n) is 9.97. The predicted molar refractivity (Wildman–Crippen MR) is 117 cm³/mol. The van der Waals surface area contributed by atoms with Crippen molar-refractivity contribution in [2.75, 3.05) is 19.6 Å². The number of aliphatic imine (C=N–C) groups is 1. The van der Waals surface area contributed by atoms with Gasteiger partial charge in [-0.05, 0) is 49.9 Å². The van der Waals surface area contributed by atoms with E-state index < -0.39 is 5.66 Å². The van der Waals surface area contributed by atoms with Crippen LogP contribution in [-0.4, -0.2) is 51.7 Å². The number of carbonyl (C=O) groups excluding carboxylic acids is 1. The van der Waals surface area contributed by atoms with Crippen LogP contribution in [0.4, 0.5) is 4.39 Å². The van der Waals surface area contributed by atoms with Gasteiger partial charge < -0.3 is 4.90 Å². The fraction of sp³-hybridized carbons (Fsp3) is 0.348. The molecule has 4 nitrogen and oxygen atoms in total. The summed E-state index contributed by atoms with van der Waals surface area (Å²) < 4.78 is 13.4. The zero-order chi connectivity index (χ0) is 20.6. The molecule has 2 aliphatic rings. The van der Waals surface area contributed by atoms with Crippen molar-refractivity contribution in [3.63, 3.8) is 0 Å². The van der Waals surface area contributed by atoms with E-state index in [4.69, 9.17) is 17.2 Å². The number of carbonyl (C=O) groups is 1. The van der Waals surface area contributed by atoms with Crippen LogP contribution < -0.4 is 0 Å². The maximum Gasteiger partial charge on any atom is 0.260 e. The smallest absolute Gasteiger partial charge is 0.260 e. The van der Waals surface area contributed by atoms with Gasteiger partial charge in [-0.3, -0.25) is 14.7 Å². The maximum atomic E-state index is 13.5. The van der Waals surface area contributed by atoms with Crippen LogP contribution in [0.25, 0.3) is 0 Å². The van der Waals surface area contributed by atoms with Crippen LogP contribution in [0, 0.1) is 12.7 Å². The van der Waals surface area contributed by atoms with Crippen molar-refractivity contribution in [1.82, 2.24) is 9.80 Å². The molecule has 2 aromatic carbocycles. The zero-order valence-electron chi connectivity index (χ0n) is 16.7. The number of amides is 1. The molecule has 6 heteroatoms. The highest BCUT2D eigenvalue weighted by Crippen LogP contribution is 2.38. The molecule has 0 saturated carbocycles. The molecule has 1 amide bonds. The van der Waals surface area contributed by atoms with Crippen molar-refractivity contribution in [3.05, 3.63) is 71.0 Å². The molecule has 0 radical (unpaired) electrons. The Labute approximate surface area is 176 Å². The summed E-state index contributed by atoms with van der Waals surface area (Å²) in [5.74, 6) is -0.433. The average molecular weight is 410 g/mol. The van der Waals surface area contributed by atoms with E-state index in [1.54, 1.807) is 17.0 Å². The van der Waals surface area contributed by atoms with Crippen LogP contribution in [0.2, 0.25) is 0 Å². The molecule has 150 valence electrons. The first kappa shape index (κ1) is 19.9. The molecule has 0 atom stereocenters. The Kier molecular flexibility index (Phi) is 5.32. The highest BCUT2D eigenvalue weighted by molar-refractivity contribution is 7.82. The normalized spacial score (nSPS) is 18.9. The topological polar surface area (TPSA) is 35.9 Å². The van der Waals surface area contributed by atoms with Gasteiger partial charge in [-0.15, -0.1) is 0 Å². The molecule has 2 aromatic rings. The van der Waals surface area contributed by atoms with E-state index in [-0.39, 0.29) is 11.7 Å². The van der Waals surface area contributed by atoms with E-state index in [1.165, 1.54) is 12.1 Å². The molecular formula is C23H24FN3OS. The highest BCUT2D eigenvalue weighted by atomic mass is 32.1. The van der Waals surface area contributed by atoms with Gasteiger partial charge in [0.15, 0.2) is 0 Å². The van der Waals surface area contributed by atoms with Gasteiger partial charge in [0.2, 0.25) is 0 Å². The summed E-state index contributed by atoms with van der Waals surface area (Å²) in [6.45, 7) is 6.82. The quantitative estimate of drug-likeness (QED) is 0.712. The van der Waals surface area contributed by atoms with Crippen molar-refractivity contribution >= 4 is 28.8 Å². The Hall–Kier alpha value is -2.44. The lowest BCUT2D eigenvalue weighted by atomic mass is 9.95. The number of thiocarbonyl (C=S) groups is 1. The fourth-order valence-electron chi connectivity index (χ4n) is 4.07. The van der Waals surface area contributed by atoms with Crippen LogP contribution in [0.1, 0.15) is 41.3 Å². The molecule has 0 aromatic heterocycles. The van der Waals surface area contributed by atoms with Crippen LogP contribution in [0.15, 0.2) is 53.5 Å². The molecule has 0 bridgehead atoms. The standard InChI is InChI=1S/C23H24FN3OS/c1-3-26-14-12-23(13-15-26)25-20(17-8-10-19(24)11-9-17)22(29)27(23)21(28)18-6-4-16(2)5-7-18/h4-11H,3,12-15H2,1-2H3. The van der Waals surface area contributed by atoms with Crippen LogP contribution >= 0.6 is 12.2 Å². The number of likely N-dealkylation sites (tertiary alicyclic amines) is 1. The first-order valence-corrected chi connectivity index (χ1v) is 10.4. The summed E-state index contributed by atoms with van der Waals surface area (Å²) in [4.78, 5) is 23.0. The van der Waals surface area contributed by atoms with Gasteiger partial charge in [-0.1, -0.05) is 36.8 Å². The second-order valence-electron chi connectivity index (χ2n) is 7.70. The molecule has 0 N–H and O–H groups in total. The first-order chi connectivity index (χ1) is 13.9. The fourth-order valence-corrected chi connectivity index (χ4v) is 4.48. The second kappa shape index (κ2) is 7.76. The number of aryl methyl sites for hydroxylation is 1. The van der Waals surface area contributed by atoms with Crippen LogP contribution in [0.3, 0.4) is 0 Å². The van der Waals surface area contributed by atoms with E-state index in [0.29, 0.717) is 16.3 Å². The number of hydrogen-bond acceptors (Lipinski definition) is 4. The van der Waals surface area contributed by atoms with Gasteiger partial charge in [0.25, 0.3) is 5.91 Å². The summed E-state index contributed by atoms with van der Waals surface area (Å²) in [6.07, 6.45) is 1.45. The molecule has 1 spiro atoms. The molecule has 2 aliphatic heterocycles. The lowest BCUT2D eigenvalue weighted by Gasteiger charge is -2.42. The Morgan fingerprint density at radius 1 is 1.10 bits per heavy atom. The van der Waals surface area contributed by atoms with Crippen molar-refractivity contribution in [1.29, 1.82) is 0 Å². The molecule has 4 rings (SSSR count). The third-order valence-corrected chi connectivity index (χ3v) is 6.24.